The van der Waals surface area contributed by atoms with E-state index in [0.717, 1.165) is 11.6 Å². The fourth-order valence-electron chi connectivity index (χ4n) is 1.76. The first-order valence-electron chi connectivity index (χ1n) is 7.54. The van der Waals surface area contributed by atoms with E-state index in [4.69, 9.17) is 10.5 Å². The van der Waals surface area contributed by atoms with Gasteiger partial charge >= 0.3 is 6.09 Å². The van der Waals surface area contributed by atoms with Crippen LogP contribution >= 0.6 is 0 Å². The molecule has 1 rings (SSSR count). The number of nitrogens with one attached hydrogen (secondary N) is 1. The first-order chi connectivity index (χ1) is 11.8. The van der Waals surface area contributed by atoms with Gasteiger partial charge in [-0.1, -0.05) is 43.0 Å². The standard InChI is InChI=1S/C19H22N2O4/c1-4-16(22)11-10-13(2)18(23)17(14(3)20)21-19(24)25-12-15-8-6-5-7-9-15/h4-11,23H,1,12,20H2,2-3H3,(H,21,24)/b11-10-,17-14+,18-13+. The Labute approximate surface area is 147 Å². The zero-order valence-corrected chi connectivity index (χ0v) is 14.3. The Kier molecular flexibility index (Phi) is 7.72. The number of hydrogen-bond donors (Lipinski definition) is 3. The minimum Gasteiger partial charge on any atom is -0.505 e. The van der Waals surface area contributed by atoms with Crippen molar-refractivity contribution >= 4 is 11.9 Å². The number of aliphatic hydroxyl groups is 1. The van der Waals surface area contributed by atoms with Gasteiger partial charge in [-0.2, -0.15) is 0 Å². The third-order valence-electron chi connectivity index (χ3n) is 3.14. The Hall–Kier alpha value is -3.28. The number of carbonyl (C=O) groups is 2. The smallest absolute Gasteiger partial charge is 0.412 e. The molecule has 1 aromatic carbocycles. The summed E-state index contributed by atoms with van der Waals surface area (Å²) in [7, 11) is 0. The molecular weight excluding hydrogens is 320 g/mol. The summed E-state index contributed by atoms with van der Waals surface area (Å²) in [5.41, 5.74) is 7.11. The number of allylic oxidation sites excluding steroid dienone is 5. The molecule has 0 aromatic heterocycles. The third-order valence-corrected chi connectivity index (χ3v) is 3.14. The van der Waals surface area contributed by atoms with Crippen LogP contribution in [0, 0.1) is 0 Å². The molecule has 0 fully saturated rings. The number of hydrogen-bond acceptors (Lipinski definition) is 5. The van der Waals surface area contributed by atoms with Crippen LogP contribution in [0.25, 0.3) is 0 Å². The molecule has 0 unspecified atom stereocenters. The van der Waals surface area contributed by atoms with Crippen LogP contribution in [-0.4, -0.2) is 17.0 Å². The van der Waals surface area contributed by atoms with E-state index in [-0.39, 0.29) is 29.5 Å². The lowest BCUT2D eigenvalue weighted by molar-refractivity contribution is -0.110. The molecule has 6 heteroatoms. The van der Waals surface area contributed by atoms with E-state index in [1.165, 1.54) is 19.1 Å². The largest absolute Gasteiger partial charge is 0.505 e. The van der Waals surface area contributed by atoms with Crippen LogP contribution in [0.4, 0.5) is 4.79 Å². The summed E-state index contributed by atoms with van der Waals surface area (Å²) in [5, 5.41) is 12.7. The lowest BCUT2D eigenvalue weighted by Gasteiger charge is -2.13. The second-order valence-electron chi connectivity index (χ2n) is 5.22. The summed E-state index contributed by atoms with van der Waals surface area (Å²) in [5.74, 6) is -0.567. The Balaban J connectivity index is 2.81. The average molecular weight is 342 g/mol. The Bertz CT molecular complexity index is 727. The Morgan fingerprint density at radius 3 is 2.44 bits per heavy atom. The van der Waals surface area contributed by atoms with E-state index in [2.05, 4.69) is 11.9 Å². The molecule has 0 aliphatic carbocycles. The summed E-state index contributed by atoms with van der Waals surface area (Å²) < 4.78 is 5.10. The average Bonchev–Trinajstić information content (AvgIpc) is 2.62. The van der Waals surface area contributed by atoms with Crippen LogP contribution < -0.4 is 11.1 Å². The van der Waals surface area contributed by atoms with Crippen LogP contribution in [-0.2, 0) is 16.1 Å². The van der Waals surface area contributed by atoms with Crippen molar-refractivity contribution in [3.8, 4) is 0 Å². The summed E-state index contributed by atoms with van der Waals surface area (Å²) in [6.45, 7) is 6.53. The van der Waals surface area contributed by atoms with Gasteiger partial charge in [0.1, 0.15) is 18.1 Å². The molecule has 0 atom stereocenters. The minimum absolute atomic E-state index is 0.0197. The summed E-state index contributed by atoms with van der Waals surface area (Å²) in [6, 6.07) is 9.17. The fraction of sp³-hybridized carbons (Fsp3) is 0.158. The van der Waals surface area contributed by atoms with E-state index >= 15 is 0 Å². The van der Waals surface area contributed by atoms with Crippen LogP contribution in [0.2, 0.25) is 0 Å². The molecule has 0 saturated heterocycles. The highest BCUT2D eigenvalue weighted by atomic mass is 16.5. The fourth-order valence-corrected chi connectivity index (χ4v) is 1.76. The maximum atomic E-state index is 11.9. The monoisotopic (exact) mass is 342 g/mol. The van der Waals surface area contributed by atoms with E-state index < -0.39 is 6.09 Å². The molecule has 0 saturated carbocycles. The number of nitrogens with two attached hydrogens (primary N) is 1. The predicted octanol–water partition coefficient (Wildman–Crippen LogP) is 3.25. The molecule has 1 aromatic rings. The van der Waals surface area contributed by atoms with Gasteiger partial charge in [0, 0.05) is 5.70 Å². The maximum Gasteiger partial charge on any atom is 0.412 e. The molecular formula is C19H22N2O4. The van der Waals surface area contributed by atoms with Crippen LogP contribution in [0.1, 0.15) is 19.4 Å². The van der Waals surface area contributed by atoms with Crippen molar-refractivity contribution in [2.45, 2.75) is 20.5 Å². The quantitative estimate of drug-likeness (QED) is 0.401. The summed E-state index contributed by atoms with van der Waals surface area (Å²) >= 11 is 0. The van der Waals surface area contributed by atoms with E-state index in [0.29, 0.717) is 5.57 Å². The van der Waals surface area contributed by atoms with Crippen molar-refractivity contribution in [3.05, 3.63) is 83.4 Å². The second kappa shape index (κ2) is 9.77. The van der Waals surface area contributed by atoms with Crippen molar-refractivity contribution in [2.24, 2.45) is 5.73 Å². The van der Waals surface area contributed by atoms with Crippen molar-refractivity contribution in [2.75, 3.05) is 0 Å². The van der Waals surface area contributed by atoms with Gasteiger partial charge in [0.25, 0.3) is 0 Å². The third kappa shape index (κ3) is 6.78. The number of benzene rings is 1. The summed E-state index contributed by atoms with van der Waals surface area (Å²) in [6.07, 6.45) is 3.04. The van der Waals surface area contributed by atoms with Crippen LogP contribution in [0.3, 0.4) is 0 Å². The molecule has 4 N–H and O–H groups in total. The molecule has 0 bridgehead atoms. The topological polar surface area (TPSA) is 102 Å². The van der Waals surface area contributed by atoms with Gasteiger partial charge in [-0.3, -0.25) is 10.1 Å². The highest BCUT2D eigenvalue weighted by Crippen LogP contribution is 2.13. The number of aliphatic hydroxyl groups excluding tert-OH is 1. The summed E-state index contributed by atoms with van der Waals surface area (Å²) in [4.78, 5) is 23.1. The van der Waals surface area contributed by atoms with Gasteiger partial charge in [-0.25, -0.2) is 4.79 Å². The SMILES string of the molecule is C=CC(=O)\C=C/C(C)=C(O)\C(NC(=O)OCc1ccccc1)=C(\C)N. The Morgan fingerprint density at radius 2 is 1.88 bits per heavy atom. The molecule has 0 spiro atoms. The van der Waals surface area contributed by atoms with E-state index in [1.54, 1.807) is 6.92 Å². The molecule has 6 nitrogen and oxygen atoms in total. The van der Waals surface area contributed by atoms with Gasteiger partial charge in [0.2, 0.25) is 0 Å². The van der Waals surface area contributed by atoms with E-state index in [9.17, 15) is 14.7 Å². The normalized spacial score (nSPS) is 12.9. The van der Waals surface area contributed by atoms with Crippen LogP contribution in [0.15, 0.2) is 77.9 Å². The molecule has 25 heavy (non-hydrogen) atoms. The molecule has 0 heterocycles. The van der Waals surface area contributed by atoms with Crippen molar-refractivity contribution < 1.29 is 19.4 Å². The van der Waals surface area contributed by atoms with Crippen molar-refractivity contribution in [1.29, 1.82) is 0 Å². The highest BCUT2D eigenvalue weighted by Gasteiger charge is 2.14. The van der Waals surface area contributed by atoms with Gasteiger partial charge in [-0.15, -0.1) is 0 Å². The number of alkyl carbamates (subject to hydrolysis) is 1. The lowest BCUT2D eigenvalue weighted by Crippen LogP contribution is -2.27. The van der Waals surface area contributed by atoms with Gasteiger partial charge < -0.3 is 15.6 Å². The number of amides is 1. The number of rotatable bonds is 7. The lowest BCUT2D eigenvalue weighted by atomic mass is 10.1. The van der Waals surface area contributed by atoms with Gasteiger partial charge in [0.05, 0.1) is 0 Å². The molecule has 0 radical (unpaired) electrons. The first kappa shape index (κ1) is 19.8. The first-order valence-corrected chi connectivity index (χ1v) is 7.54. The molecule has 0 aliphatic heterocycles. The molecule has 132 valence electrons. The van der Waals surface area contributed by atoms with Crippen molar-refractivity contribution in [1.82, 2.24) is 5.32 Å². The number of carbonyl (C=O) groups excluding carboxylic acids is 2. The highest BCUT2D eigenvalue weighted by molar-refractivity contribution is 5.99. The Morgan fingerprint density at radius 1 is 1.24 bits per heavy atom. The molecule has 1 amide bonds. The zero-order valence-electron chi connectivity index (χ0n) is 14.3. The van der Waals surface area contributed by atoms with Crippen LogP contribution in [0.5, 0.6) is 0 Å². The van der Waals surface area contributed by atoms with Gasteiger partial charge in [0.15, 0.2) is 5.78 Å². The number of ether oxygens (including phenoxy) is 1. The number of ketones is 1. The van der Waals surface area contributed by atoms with Crippen molar-refractivity contribution in [3.63, 3.8) is 0 Å². The second-order valence-corrected chi connectivity index (χ2v) is 5.22. The minimum atomic E-state index is -0.755. The molecule has 0 aliphatic rings. The van der Waals surface area contributed by atoms with Gasteiger partial charge in [-0.05, 0) is 37.1 Å². The van der Waals surface area contributed by atoms with E-state index in [1.807, 2.05) is 30.3 Å². The maximum absolute atomic E-state index is 11.9. The predicted molar refractivity (Wildman–Crippen MR) is 96.3 cm³/mol. The zero-order chi connectivity index (χ0) is 18.8.